The Hall–Kier alpha value is -3.84. The van der Waals surface area contributed by atoms with Crippen LogP contribution in [0.1, 0.15) is 41.9 Å². The van der Waals surface area contributed by atoms with E-state index in [-0.39, 0.29) is 17.8 Å². The molecule has 0 saturated carbocycles. The predicted octanol–water partition coefficient (Wildman–Crippen LogP) is 6.15. The fourth-order valence-electron chi connectivity index (χ4n) is 4.48. The third-order valence-corrected chi connectivity index (χ3v) is 6.34. The fraction of sp³-hybridized carbons (Fsp3) is 0.267. The molecule has 0 radical (unpaired) electrons. The zero-order valence-electron chi connectivity index (χ0n) is 19.8. The zero-order chi connectivity index (χ0) is 23.9. The van der Waals surface area contributed by atoms with Crippen molar-refractivity contribution in [1.82, 2.24) is 0 Å². The molecule has 0 fully saturated rings. The van der Waals surface area contributed by atoms with Crippen molar-refractivity contribution in [3.8, 4) is 6.07 Å². The monoisotopic (exact) mass is 450 g/mol. The highest BCUT2D eigenvalue weighted by Gasteiger charge is 2.33. The number of ether oxygens (including phenoxy) is 1. The van der Waals surface area contributed by atoms with Crippen LogP contribution in [0.3, 0.4) is 0 Å². The molecule has 2 atom stereocenters. The van der Waals surface area contributed by atoms with Crippen LogP contribution in [-0.4, -0.2) is 26.0 Å². The summed E-state index contributed by atoms with van der Waals surface area (Å²) in [5.74, 6) is 0.664. The topological polar surface area (TPSA) is 53.3 Å². The standard InChI is InChI=1S/C30H30N2O2/c1-32(2)25-16-14-23(15-17-25)28-20-27(19-26(33)18-13-22-9-5-3-6-10-22)34-30(29(28)21-31)24-11-7-4-8-12-24/h3-12,14-17,27-28H,13,18-20H2,1-2H3/t27-,28-/m1/s1. The Morgan fingerprint density at radius 2 is 1.62 bits per heavy atom. The molecule has 0 aliphatic carbocycles. The lowest BCUT2D eigenvalue weighted by Crippen LogP contribution is -2.26. The highest BCUT2D eigenvalue weighted by atomic mass is 16.5. The van der Waals surface area contributed by atoms with E-state index in [2.05, 4.69) is 35.2 Å². The average Bonchev–Trinajstić information content (AvgIpc) is 2.88. The molecule has 0 N–H and O–H groups in total. The van der Waals surface area contributed by atoms with Crippen LogP contribution in [0.15, 0.2) is 90.5 Å². The van der Waals surface area contributed by atoms with E-state index in [4.69, 9.17) is 4.74 Å². The van der Waals surface area contributed by atoms with Crippen molar-refractivity contribution in [2.45, 2.75) is 37.7 Å². The number of nitriles is 1. The summed E-state index contributed by atoms with van der Waals surface area (Å²) in [7, 11) is 4.02. The number of hydrogen-bond acceptors (Lipinski definition) is 4. The van der Waals surface area contributed by atoms with Crippen molar-refractivity contribution in [3.63, 3.8) is 0 Å². The number of allylic oxidation sites excluding steroid dienone is 1. The van der Waals surface area contributed by atoms with Crippen molar-refractivity contribution in [2.75, 3.05) is 19.0 Å². The number of rotatable bonds is 8. The van der Waals surface area contributed by atoms with Gasteiger partial charge in [-0.15, -0.1) is 0 Å². The zero-order valence-corrected chi connectivity index (χ0v) is 19.8. The summed E-state index contributed by atoms with van der Waals surface area (Å²) in [4.78, 5) is 14.9. The smallest absolute Gasteiger partial charge is 0.141 e. The molecule has 34 heavy (non-hydrogen) atoms. The van der Waals surface area contributed by atoms with Crippen molar-refractivity contribution in [2.24, 2.45) is 0 Å². The molecule has 1 aliphatic rings. The number of benzene rings is 3. The number of anilines is 1. The molecule has 4 rings (SSSR count). The Kier molecular flexibility index (Phi) is 7.44. The van der Waals surface area contributed by atoms with Crippen LogP contribution in [-0.2, 0) is 16.0 Å². The number of carbonyl (C=O) groups excluding carboxylic acids is 1. The fourth-order valence-corrected chi connectivity index (χ4v) is 4.48. The normalized spacial score (nSPS) is 17.6. The van der Waals surface area contributed by atoms with Gasteiger partial charge in [-0.3, -0.25) is 4.79 Å². The molecule has 172 valence electrons. The Balaban J connectivity index is 1.59. The number of hydrogen-bond donors (Lipinski definition) is 0. The van der Waals surface area contributed by atoms with Gasteiger partial charge in [0.15, 0.2) is 0 Å². The lowest BCUT2D eigenvalue weighted by molar-refractivity contribution is -0.121. The van der Waals surface area contributed by atoms with Crippen LogP contribution in [0.2, 0.25) is 0 Å². The number of carbonyl (C=O) groups is 1. The highest BCUT2D eigenvalue weighted by Crippen LogP contribution is 2.41. The maximum Gasteiger partial charge on any atom is 0.141 e. The Labute approximate surface area is 202 Å². The molecule has 4 heteroatoms. The molecule has 4 nitrogen and oxygen atoms in total. The molecule has 0 unspecified atom stereocenters. The molecule has 3 aromatic carbocycles. The van der Waals surface area contributed by atoms with Crippen molar-refractivity contribution < 1.29 is 9.53 Å². The highest BCUT2D eigenvalue weighted by molar-refractivity contribution is 5.80. The molecule has 0 spiro atoms. The summed E-state index contributed by atoms with van der Waals surface area (Å²) in [6.07, 6.45) is 1.90. The summed E-state index contributed by atoms with van der Waals surface area (Å²) in [5, 5.41) is 10.1. The molecule has 0 aromatic heterocycles. The van der Waals surface area contributed by atoms with Gasteiger partial charge < -0.3 is 9.64 Å². The lowest BCUT2D eigenvalue weighted by atomic mass is 9.82. The summed E-state index contributed by atoms with van der Waals surface area (Å²) in [6, 6.07) is 30.5. The summed E-state index contributed by atoms with van der Waals surface area (Å²) >= 11 is 0. The first-order chi connectivity index (χ1) is 16.5. The third kappa shape index (κ3) is 5.55. The van der Waals surface area contributed by atoms with E-state index in [1.807, 2.05) is 74.8 Å². The van der Waals surface area contributed by atoms with Crippen LogP contribution >= 0.6 is 0 Å². The van der Waals surface area contributed by atoms with Crippen molar-refractivity contribution in [3.05, 3.63) is 107 Å². The minimum atomic E-state index is -0.269. The lowest BCUT2D eigenvalue weighted by Gasteiger charge is -2.32. The van der Waals surface area contributed by atoms with Gasteiger partial charge >= 0.3 is 0 Å². The van der Waals surface area contributed by atoms with Gasteiger partial charge in [0.25, 0.3) is 0 Å². The van der Waals surface area contributed by atoms with Gasteiger partial charge in [0, 0.05) is 44.1 Å². The van der Waals surface area contributed by atoms with Crippen LogP contribution in [0.25, 0.3) is 5.76 Å². The molecular weight excluding hydrogens is 420 g/mol. The minimum absolute atomic E-state index is 0.114. The van der Waals surface area contributed by atoms with E-state index in [1.54, 1.807) is 0 Å². The molecule has 1 aliphatic heterocycles. The quantitative estimate of drug-likeness (QED) is 0.413. The maximum atomic E-state index is 12.9. The van der Waals surface area contributed by atoms with Gasteiger partial charge in [-0.05, 0) is 36.1 Å². The second kappa shape index (κ2) is 10.9. The Morgan fingerprint density at radius 1 is 0.971 bits per heavy atom. The predicted molar refractivity (Wildman–Crippen MR) is 136 cm³/mol. The first-order valence-corrected chi connectivity index (χ1v) is 11.7. The minimum Gasteiger partial charge on any atom is -0.488 e. The van der Waals surface area contributed by atoms with E-state index < -0.39 is 0 Å². The van der Waals surface area contributed by atoms with Crippen molar-refractivity contribution >= 4 is 17.2 Å². The second-order valence-electron chi connectivity index (χ2n) is 8.96. The van der Waals surface area contributed by atoms with Crippen molar-refractivity contribution in [1.29, 1.82) is 5.26 Å². The molecule has 0 bridgehead atoms. The van der Waals surface area contributed by atoms with Crippen LogP contribution in [0.4, 0.5) is 5.69 Å². The van der Waals surface area contributed by atoms with Gasteiger partial charge in [0.1, 0.15) is 17.6 Å². The van der Waals surface area contributed by atoms with Crippen LogP contribution < -0.4 is 4.90 Å². The largest absolute Gasteiger partial charge is 0.488 e. The van der Waals surface area contributed by atoms with Gasteiger partial charge in [0.05, 0.1) is 11.6 Å². The van der Waals surface area contributed by atoms with E-state index in [0.717, 1.165) is 28.8 Å². The second-order valence-corrected chi connectivity index (χ2v) is 8.96. The number of ketones is 1. The van der Waals surface area contributed by atoms with Gasteiger partial charge in [-0.2, -0.15) is 5.26 Å². The number of aryl methyl sites for hydroxylation is 1. The van der Waals surface area contributed by atoms with E-state index in [0.29, 0.717) is 30.6 Å². The molecule has 1 heterocycles. The Morgan fingerprint density at radius 3 is 2.24 bits per heavy atom. The molecule has 0 saturated heterocycles. The number of Topliss-reactive ketones (excluding diaryl/α,β-unsaturated/α-hetero) is 1. The molecular formula is C30H30N2O2. The van der Waals surface area contributed by atoms with Crippen LogP contribution in [0.5, 0.6) is 0 Å². The number of nitrogens with zero attached hydrogens (tertiary/aromatic N) is 2. The maximum absolute atomic E-state index is 12.9. The van der Waals surface area contributed by atoms with Crippen LogP contribution in [0, 0.1) is 11.3 Å². The molecule has 0 amide bonds. The van der Waals surface area contributed by atoms with Gasteiger partial charge in [-0.1, -0.05) is 72.8 Å². The SMILES string of the molecule is CN(C)c1ccc([C@H]2C[C@@H](CC(=O)CCc3ccccc3)OC(c3ccccc3)=C2C#N)cc1. The van der Waals surface area contributed by atoms with E-state index in [1.165, 1.54) is 0 Å². The summed E-state index contributed by atoms with van der Waals surface area (Å²) in [5.41, 5.74) is 4.83. The summed E-state index contributed by atoms with van der Waals surface area (Å²) in [6.45, 7) is 0. The van der Waals surface area contributed by atoms with Gasteiger partial charge in [-0.25, -0.2) is 0 Å². The summed E-state index contributed by atoms with van der Waals surface area (Å²) < 4.78 is 6.34. The van der Waals surface area contributed by atoms with Gasteiger partial charge in [0.2, 0.25) is 0 Å². The van der Waals surface area contributed by atoms with E-state index in [9.17, 15) is 10.1 Å². The molecule has 3 aromatic rings. The Bertz CT molecular complexity index is 1180. The average molecular weight is 451 g/mol. The third-order valence-electron chi connectivity index (χ3n) is 6.34. The first kappa shape index (κ1) is 23.3. The first-order valence-electron chi connectivity index (χ1n) is 11.7. The van der Waals surface area contributed by atoms with E-state index >= 15 is 0 Å².